The molecule has 0 saturated carbocycles. The molecule has 0 nitrogen and oxygen atoms in total. The average Bonchev–Trinajstić information content (AvgIpc) is 1.94. The summed E-state index contributed by atoms with van der Waals surface area (Å²) >= 11 is 10.2. The van der Waals surface area contributed by atoms with E-state index in [1.807, 2.05) is 0 Å². The second-order valence-electron chi connectivity index (χ2n) is 2.24. The van der Waals surface area contributed by atoms with Crippen LogP contribution >= 0.6 is 50.1 Å². The Balaban J connectivity index is 3.32. The lowest BCUT2D eigenvalue weighted by Crippen LogP contribution is -2.07. The van der Waals surface area contributed by atoms with Crippen LogP contribution in [0.1, 0.15) is 5.56 Å². The zero-order chi connectivity index (χ0) is 10.2. The molecule has 13 heavy (non-hydrogen) atoms. The highest BCUT2D eigenvalue weighted by Crippen LogP contribution is 2.37. The van der Waals surface area contributed by atoms with Gasteiger partial charge in [-0.2, -0.15) is 13.2 Å². The van der Waals surface area contributed by atoms with Crippen LogP contribution in [-0.2, 0) is 6.18 Å². The topological polar surface area (TPSA) is 0 Å². The summed E-state index contributed by atoms with van der Waals surface area (Å²) in [5, 5.41) is 0.275. The second-order valence-corrected chi connectivity index (χ2v) is 4.67. The van der Waals surface area contributed by atoms with E-state index in [0.717, 1.165) is 6.07 Å². The van der Waals surface area contributed by atoms with Crippen molar-refractivity contribution in [3.05, 3.63) is 30.8 Å². The minimum absolute atomic E-state index is 0.0956. The van der Waals surface area contributed by atoms with Crippen molar-refractivity contribution in [3.63, 3.8) is 0 Å². The maximum atomic E-state index is 12.3. The Morgan fingerprint density at radius 1 is 1.31 bits per heavy atom. The summed E-state index contributed by atoms with van der Waals surface area (Å²) in [4.78, 5) is 0. The van der Waals surface area contributed by atoms with Crippen molar-refractivity contribution in [1.29, 1.82) is 0 Å². The molecule has 0 saturated heterocycles. The van der Waals surface area contributed by atoms with E-state index in [4.69, 9.17) is 11.6 Å². The van der Waals surface area contributed by atoms with E-state index in [0.29, 0.717) is 0 Å². The first-order valence-corrected chi connectivity index (χ1v) is 5.29. The van der Waals surface area contributed by atoms with Gasteiger partial charge >= 0.3 is 6.18 Å². The van der Waals surface area contributed by atoms with Gasteiger partial charge in [-0.3, -0.25) is 0 Å². The van der Waals surface area contributed by atoms with E-state index < -0.39 is 11.7 Å². The fourth-order valence-electron chi connectivity index (χ4n) is 0.740. The number of rotatable bonds is 0. The lowest BCUT2D eigenvalue weighted by molar-refractivity contribution is -0.138. The molecule has 0 aliphatic carbocycles. The molecule has 0 unspecified atom stereocenters. The standard InChI is InChI=1S/C7H2BrClF3I/c8-4-1-3(7(10,11)12)6(13)2-5(4)9/h1-2H. The van der Waals surface area contributed by atoms with Crippen molar-refractivity contribution in [2.24, 2.45) is 0 Å². The summed E-state index contributed by atoms with van der Waals surface area (Å²) in [6.45, 7) is 0. The molecule has 1 rings (SSSR count). The van der Waals surface area contributed by atoms with Gasteiger partial charge in [-0.25, -0.2) is 0 Å². The SMILES string of the molecule is FC(F)(F)c1cc(Br)c(Cl)cc1I. The van der Waals surface area contributed by atoms with Gasteiger partial charge in [0.15, 0.2) is 0 Å². The molecule has 0 spiro atoms. The molecular formula is C7H2BrClF3I. The molecule has 0 amide bonds. The Morgan fingerprint density at radius 3 is 2.31 bits per heavy atom. The summed E-state index contributed by atoms with van der Waals surface area (Å²) < 4.78 is 37.2. The lowest BCUT2D eigenvalue weighted by Gasteiger charge is -2.09. The molecular weight excluding hydrogens is 383 g/mol. The van der Waals surface area contributed by atoms with Gasteiger partial charge in [0.2, 0.25) is 0 Å². The van der Waals surface area contributed by atoms with E-state index in [1.54, 1.807) is 22.6 Å². The zero-order valence-electron chi connectivity index (χ0n) is 5.92. The first-order chi connectivity index (χ1) is 5.82. The predicted octanol–water partition coefficient (Wildman–Crippen LogP) is 4.73. The average molecular weight is 385 g/mol. The highest BCUT2D eigenvalue weighted by Gasteiger charge is 2.33. The van der Waals surface area contributed by atoms with Crippen molar-refractivity contribution >= 4 is 50.1 Å². The third kappa shape index (κ3) is 2.73. The molecule has 1 aromatic carbocycles. The Labute approximate surface area is 99.7 Å². The van der Waals surface area contributed by atoms with Crippen LogP contribution in [0.3, 0.4) is 0 Å². The molecule has 0 N–H and O–H groups in total. The van der Waals surface area contributed by atoms with Gasteiger partial charge in [-0.1, -0.05) is 11.6 Å². The third-order valence-electron chi connectivity index (χ3n) is 1.32. The maximum absolute atomic E-state index is 12.3. The van der Waals surface area contributed by atoms with E-state index in [-0.39, 0.29) is 13.1 Å². The first-order valence-electron chi connectivity index (χ1n) is 3.04. The number of hydrogen-bond donors (Lipinski definition) is 0. The van der Waals surface area contributed by atoms with Crippen molar-refractivity contribution in [2.75, 3.05) is 0 Å². The third-order valence-corrected chi connectivity index (χ3v) is 3.40. The number of halogens is 6. The molecule has 0 atom stereocenters. The van der Waals surface area contributed by atoms with Gasteiger partial charge in [0.25, 0.3) is 0 Å². The van der Waals surface area contributed by atoms with Crippen molar-refractivity contribution in [3.8, 4) is 0 Å². The molecule has 0 fully saturated rings. The van der Waals surface area contributed by atoms with Crippen molar-refractivity contribution in [2.45, 2.75) is 6.18 Å². The summed E-state index contributed by atoms with van der Waals surface area (Å²) in [7, 11) is 0. The predicted molar refractivity (Wildman–Crippen MR) is 56.9 cm³/mol. The van der Waals surface area contributed by atoms with E-state index in [9.17, 15) is 13.2 Å². The molecule has 0 heterocycles. The Bertz CT molecular complexity index is 337. The van der Waals surface area contributed by atoms with Crippen LogP contribution in [0.4, 0.5) is 13.2 Å². The fraction of sp³-hybridized carbons (Fsp3) is 0.143. The van der Waals surface area contributed by atoms with Crippen LogP contribution in [0, 0.1) is 3.57 Å². The fourth-order valence-corrected chi connectivity index (χ4v) is 2.20. The van der Waals surface area contributed by atoms with Crippen LogP contribution in [0.15, 0.2) is 16.6 Å². The monoisotopic (exact) mass is 384 g/mol. The lowest BCUT2D eigenvalue weighted by atomic mass is 10.2. The quantitative estimate of drug-likeness (QED) is 0.448. The molecule has 6 heteroatoms. The minimum atomic E-state index is -4.33. The van der Waals surface area contributed by atoms with Gasteiger partial charge < -0.3 is 0 Å². The summed E-state index contributed by atoms with van der Waals surface area (Å²) in [5.74, 6) is 0. The number of alkyl halides is 3. The molecule has 1 aromatic rings. The smallest absolute Gasteiger partial charge is 0.166 e. The van der Waals surface area contributed by atoms with Crippen LogP contribution in [0.25, 0.3) is 0 Å². The van der Waals surface area contributed by atoms with E-state index in [2.05, 4.69) is 15.9 Å². The van der Waals surface area contributed by atoms with Gasteiger partial charge in [0.05, 0.1) is 10.6 Å². The summed E-state index contributed by atoms with van der Waals surface area (Å²) in [5.41, 5.74) is -0.677. The largest absolute Gasteiger partial charge is 0.417 e. The molecule has 0 aliphatic heterocycles. The number of hydrogen-bond acceptors (Lipinski definition) is 0. The van der Waals surface area contributed by atoms with E-state index in [1.165, 1.54) is 6.07 Å². The Hall–Kier alpha value is 0.510. The van der Waals surface area contributed by atoms with Gasteiger partial charge in [-0.15, -0.1) is 0 Å². The zero-order valence-corrected chi connectivity index (χ0v) is 10.4. The van der Waals surface area contributed by atoms with Gasteiger partial charge in [-0.05, 0) is 50.7 Å². The summed E-state index contributed by atoms with van der Waals surface area (Å²) in [6.07, 6.45) is -4.33. The molecule has 0 bridgehead atoms. The normalized spacial score (nSPS) is 11.8. The maximum Gasteiger partial charge on any atom is 0.417 e. The highest BCUT2D eigenvalue weighted by molar-refractivity contribution is 14.1. The Kier molecular flexibility index (Phi) is 3.51. The van der Waals surface area contributed by atoms with E-state index >= 15 is 0 Å². The Morgan fingerprint density at radius 2 is 1.85 bits per heavy atom. The van der Waals surface area contributed by atoms with Crippen LogP contribution < -0.4 is 0 Å². The summed E-state index contributed by atoms with van der Waals surface area (Å²) in [6, 6.07) is 2.25. The molecule has 72 valence electrons. The minimum Gasteiger partial charge on any atom is -0.166 e. The second kappa shape index (κ2) is 3.94. The van der Waals surface area contributed by atoms with Crippen molar-refractivity contribution in [1.82, 2.24) is 0 Å². The molecule has 0 aromatic heterocycles. The number of benzene rings is 1. The molecule has 0 aliphatic rings. The van der Waals surface area contributed by atoms with Gasteiger partial charge in [0, 0.05) is 8.04 Å². The first kappa shape index (κ1) is 11.6. The van der Waals surface area contributed by atoms with Crippen LogP contribution in [0.5, 0.6) is 0 Å². The molecule has 0 radical (unpaired) electrons. The highest BCUT2D eigenvalue weighted by atomic mass is 127. The van der Waals surface area contributed by atoms with Crippen molar-refractivity contribution < 1.29 is 13.2 Å². The van der Waals surface area contributed by atoms with Crippen LogP contribution in [0.2, 0.25) is 5.02 Å². The van der Waals surface area contributed by atoms with Gasteiger partial charge in [0.1, 0.15) is 0 Å². The van der Waals surface area contributed by atoms with Crippen LogP contribution in [-0.4, -0.2) is 0 Å².